The van der Waals surface area contributed by atoms with E-state index in [1.807, 2.05) is 0 Å². The number of ether oxygens (including phenoxy) is 1. The monoisotopic (exact) mass is 400 g/mol. The fraction of sp³-hybridized carbons (Fsp3) is 0.222. The largest absolute Gasteiger partial charge is 0.495 e. The molecule has 2 amide bonds. The number of nitrogens with two attached hydrogens (primary N) is 1. The third-order valence-corrected chi connectivity index (χ3v) is 4.08. The lowest BCUT2D eigenvalue weighted by atomic mass is 10.0. The summed E-state index contributed by atoms with van der Waals surface area (Å²) in [4.78, 5) is 24.0. The molecule has 5 nitrogen and oxygen atoms in total. The lowest BCUT2D eigenvalue weighted by molar-refractivity contribution is -0.137. The van der Waals surface area contributed by atoms with Gasteiger partial charge in [-0.25, -0.2) is 0 Å². The van der Waals surface area contributed by atoms with Gasteiger partial charge >= 0.3 is 6.18 Å². The first kappa shape index (κ1) is 20.6. The molecular weight excluding hydrogens is 385 g/mol. The molecule has 9 heteroatoms. The average Bonchev–Trinajstić information content (AvgIpc) is 2.60. The Kier molecular flexibility index (Phi) is 6.32. The fourth-order valence-electron chi connectivity index (χ4n) is 2.46. The molecule has 2 rings (SSSR count). The summed E-state index contributed by atoms with van der Waals surface area (Å²) in [6.45, 7) is 0. The van der Waals surface area contributed by atoms with Crippen molar-refractivity contribution in [2.45, 2.75) is 18.6 Å². The van der Waals surface area contributed by atoms with Crippen LogP contribution in [-0.2, 0) is 17.4 Å². The van der Waals surface area contributed by atoms with Gasteiger partial charge in [-0.2, -0.15) is 13.2 Å². The fourth-order valence-corrected chi connectivity index (χ4v) is 2.74. The molecule has 144 valence electrons. The second-order valence-electron chi connectivity index (χ2n) is 5.64. The van der Waals surface area contributed by atoms with Crippen LogP contribution in [0.2, 0.25) is 5.02 Å². The number of amides is 2. The maximum absolute atomic E-state index is 13.1. The van der Waals surface area contributed by atoms with Crippen molar-refractivity contribution in [3.63, 3.8) is 0 Å². The van der Waals surface area contributed by atoms with Crippen molar-refractivity contribution in [1.82, 2.24) is 5.32 Å². The van der Waals surface area contributed by atoms with E-state index in [-0.39, 0.29) is 11.4 Å². The van der Waals surface area contributed by atoms with Gasteiger partial charge in [-0.1, -0.05) is 29.8 Å². The number of carbonyl (C=O) groups is 2. The van der Waals surface area contributed by atoms with E-state index in [1.165, 1.54) is 25.3 Å². The van der Waals surface area contributed by atoms with Gasteiger partial charge in [0.2, 0.25) is 5.91 Å². The highest BCUT2D eigenvalue weighted by Gasteiger charge is 2.35. The molecule has 0 unspecified atom stereocenters. The quantitative estimate of drug-likeness (QED) is 0.781. The lowest BCUT2D eigenvalue weighted by Crippen LogP contribution is -2.46. The number of rotatable bonds is 6. The summed E-state index contributed by atoms with van der Waals surface area (Å²) >= 11 is 6.01. The number of primary amides is 1. The molecule has 0 aliphatic rings. The van der Waals surface area contributed by atoms with Gasteiger partial charge in [-0.3, -0.25) is 9.59 Å². The molecule has 0 radical (unpaired) electrons. The van der Waals surface area contributed by atoms with Crippen LogP contribution in [0.5, 0.6) is 5.75 Å². The van der Waals surface area contributed by atoms with Crippen molar-refractivity contribution in [2.24, 2.45) is 5.73 Å². The molecule has 0 saturated carbocycles. The predicted molar refractivity (Wildman–Crippen MR) is 93.6 cm³/mol. The van der Waals surface area contributed by atoms with E-state index < -0.39 is 35.2 Å². The highest BCUT2D eigenvalue weighted by atomic mass is 35.5. The highest BCUT2D eigenvalue weighted by molar-refractivity contribution is 6.32. The second-order valence-corrected chi connectivity index (χ2v) is 6.05. The zero-order chi connectivity index (χ0) is 20.2. The van der Waals surface area contributed by atoms with Crippen LogP contribution in [0.15, 0.2) is 42.5 Å². The molecule has 0 spiro atoms. The van der Waals surface area contributed by atoms with Gasteiger partial charge in [0.25, 0.3) is 5.91 Å². The first-order valence-corrected chi connectivity index (χ1v) is 8.10. The maximum Gasteiger partial charge on any atom is 0.417 e. The van der Waals surface area contributed by atoms with E-state index in [1.54, 1.807) is 12.1 Å². The number of halogens is 4. The summed E-state index contributed by atoms with van der Waals surface area (Å²) in [6.07, 6.45) is -4.75. The highest BCUT2D eigenvalue weighted by Crippen LogP contribution is 2.32. The normalized spacial score (nSPS) is 12.3. The van der Waals surface area contributed by atoms with Crippen molar-refractivity contribution >= 4 is 23.4 Å². The molecule has 0 aliphatic heterocycles. The number of benzene rings is 2. The Hall–Kier alpha value is -2.74. The van der Waals surface area contributed by atoms with Crippen LogP contribution in [0.4, 0.5) is 13.2 Å². The van der Waals surface area contributed by atoms with Gasteiger partial charge in [0.15, 0.2) is 0 Å². The minimum absolute atomic E-state index is 0.0427. The molecule has 0 heterocycles. The number of methoxy groups -OCH3 is 1. The Balaban J connectivity index is 2.23. The number of alkyl halides is 3. The Bertz CT molecular complexity index is 856. The SMILES string of the molecule is COc1ccc(C[C@@H](NC(=O)c2ccccc2C(F)(F)F)C(N)=O)cc1Cl. The van der Waals surface area contributed by atoms with Gasteiger partial charge in [0.05, 0.1) is 23.3 Å². The van der Waals surface area contributed by atoms with E-state index in [9.17, 15) is 22.8 Å². The van der Waals surface area contributed by atoms with Crippen molar-refractivity contribution in [3.05, 3.63) is 64.2 Å². The minimum atomic E-state index is -4.71. The van der Waals surface area contributed by atoms with E-state index >= 15 is 0 Å². The Morgan fingerprint density at radius 2 is 1.89 bits per heavy atom. The van der Waals surface area contributed by atoms with Gasteiger partial charge < -0.3 is 15.8 Å². The summed E-state index contributed by atoms with van der Waals surface area (Å²) < 4.78 is 44.2. The first-order chi connectivity index (χ1) is 12.6. The van der Waals surface area contributed by atoms with Crippen LogP contribution in [-0.4, -0.2) is 25.0 Å². The summed E-state index contributed by atoms with van der Waals surface area (Å²) in [7, 11) is 1.44. The number of carbonyl (C=O) groups excluding carboxylic acids is 2. The van der Waals surface area contributed by atoms with Crippen molar-refractivity contribution in [2.75, 3.05) is 7.11 Å². The summed E-state index contributed by atoms with van der Waals surface area (Å²) in [5.74, 6) is -1.52. The number of nitrogens with one attached hydrogen (secondary N) is 1. The molecule has 0 saturated heterocycles. The van der Waals surface area contributed by atoms with Crippen molar-refractivity contribution < 1.29 is 27.5 Å². The molecule has 0 fully saturated rings. The van der Waals surface area contributed by atoms with Gasteiger partial charge in [0.1, 0.15) is 11.8 Å². The Labute approximate surface area is 158 Å². The van der Waals surface area contributed by atoms with E-state index in [4.69, 9.17) is 22.1 Å². The second kappa shape index (κ2) is 8.30. The first-order valence-electron chi connectivity index (χ1n) is 7.72. The van der Waals surface area contributed by atoms with Crippen LogP contribution in [0.25, 0.3) is 0 Å². The van der Waals surface area contributed by atoms with Crippen LogP contribution in [0, 0.1) is 0 Å². The molecule has 0 bridgehead atoms. The molecular formula is C18H16ClF3N2O3. The third kappa shape index (κ3) is 5.13. The maximum atomic E-state index is 13.1. The molecule has 0 aromatic heterocycles. The molecule has 2 aromatic rings. The number of hydrogen-bond donors (Lipinski definition) is 2. The Morgan fingerprint density at radius 3 is 2.44 bits per heavy atom. The van der Waals surface area contributed by atoms with Crippen LogP contribution < -0.4 is 15.8 Å². The summed E-state index contributed by atoms with van der Waals surface area (Å²) in [6, 6.07) is 7.76. The lowest BCUT2D eigenvalue weighted by Gasteiger charge is -2.18. The average molecular weight is 401 g/mol. The van der Waals surface area contributed by atoms with Gasteiger partial charge in [-0.15, -0.1) is 0 Å². The van der Waals surface area contributed by atoms with Crippen LogP contribution in [0.3, 0.4) is 0 Å². The predicted octanol–water partition coefficient (Wildman–Crippen LogP) is 3.19. The topological polar surface area (TPSA) is 81.4 Å². The molecule has 3 N–H and O–H groups in total. The third-order valence-electron chi connectivity index (χ3n) is 3.78. The zero-order valence-corrected chi connectivity index (χ0v) is 14.9. The minimum Gasteiger partial charge on any atom is -0.495 e. The molecule has 27 heavy (non-hydrogen) atoms. The van der Waals surface area contributed by atoms with Gasteiger partial charge in [0, 0.05) is 6.42 Å². The number of hydrogen-bond acceptors (Lipinski definition) is 3. The van der Waals surface area contributed by atoms with E-state index in [2.05, 4.69) is 5.32 Å². The standard InChI is InChI=1S/C18H16ClF3N2O3/c1-27-15-7-6-10(8-13(15)19)9-14(16(23)25)24-17(26)11-4-2-3-5-12(11)18(20,21)22/h2-8,14H,9H2,1H3,(H2,23,25)(H,24,26)/t14-/m1/s1. The van der Waals surface area contributed by atoms with Crippen molar-refractivity contribution in [1.29, 1.82) is 0 Å². The summed E-state index contributed by atoms with van der Waals surface area (Å²) in [5.41, 5.74) is 4.15. The molecule has 0 aliphatic carbocycles. The van der Waals surface area contributed by atoms with Crippen LogP contribution in [0.1, 0.15) is 21.5 Å². The molecule has 1 atom stereocenters. The van der Waals surface area contributed by atoms with E-state index in [0.29, 0.717) is 11.3 Å². The van der Waals surface area contributed by atoms with Crippen LogP contribution >= 0.6 is 11.6 Å². The molecule has 2 aromatic carbocycles. The van der Waals surface area contributed by atoms with E-state index in [0.717, 1.165) is 12.1 Å². The summed E-state index contributed by atoms with van der Waals surface area (Å²) in [5, 5.41) is 2.54. The zero-order valence-electron chi connectivity index (χ0n) is 14.1. The van der Waals surface area contributed by atoms with Gasteiger partial charge in [-0.05, 0) is 29.8 Å². The van der Waals surface area contributed by atoms with Crippen molar-refractivity contribution in [3.8, 4) is 5.75 Å². The Morgan fingerprint density at radius 1 is 1.22 bits per heavy atom. The smallest absolute Gasteiger partial charge is 0.417 e.